The Bertz CT molecular complexity index is 499. The van der Waals surface area contributed by atoms with Gasteiger partial charge in [-0.1, -0.05) is 62.4 Å². The minimum atomic E-state index is -2.46. The largest absolute Gasteiger partial charge is 0.517 e. The number of para-hydroxylation sites is 1. The molecule has 1 unspecified atom stereocenters. The second kappa shape index (κ2) is 6.04. The first-order valence-electron chi connectivity index (χ1n) is 6.54. The Morgan fingerprint density at radius 3 is 1.84 bits per heavy atom. The molecule has 0 aliphatic rings. The van der Waals surface area contributed by atoms with E-state index in [2.05, 4.69) is 26.0 Å². The lowest BCUT2D eigenvalue weighted by Gasteiger charge is -2.33. The van der Waals surface area contributed by atoms with Gasteiger partial charge in [-0.25, -0.2) is 0 Å². The lowest BCUT2D eigenvalue weighted by molar-refractivity contribution is 0.303. The number of hydrogen-bond donors (Lipinski definition) is 0. The van der Waals surface area contributed by atoms with E-state index in [0.29, 0.717) is 5.54 Å². The van der Waals surface area contributed by atoms with Gasteiger partial charge in [-0.3, -0.25) is 0 Å². The van der Waals surface area contributed by atoms with Gasteiger partial charge in [0.2, 0.25) is 0 Å². The standard InChI is InChI=1S/C16H20O2Si/c1-14(2)19(17-3,16-12-8-5-9-13-16)18-15-10-6-4-7-11-15/h4-14H,1-3H3. The Kier molecular flexibility index (Phi) is 4.40. The smallest absolute Gasteiger partial charge is 0.436 e. The molecule has 2 nitrogen and oxygen atoms in total. The van der Waals surface area contributed by atoms with Crippen molar-refractivity contribution in [2.24, 2.45) is 0 Å². The second-order valence-corrected chi connectivity index (χ2v) is 8.49. The van der Waals surface area contributed by atoms with E-state index in [1.807, 2.05) is 48.5 Å². The van der Waals surface area contributed by atoms with Crippen molar-refractivity contribution >= 4 is 13.7 Å². The Labute approximate surface area is 116 Å². The van der Waals surface area contributed by atoms with E-state index in [1.165, 1.54) is 0 Å². The van der Waals surface area contributed by atoms with E-state index >= 15 is 0 Å². The van der Waals surface area contributed by atoms with Gasteiger partial charge in [0.05, 0.1) is 0 Å². The molecule has 0 N–H and O–H groups in total. The van der Waals surface area contributed by atoms with Crippen LogP contribution < -0.4 is 9.61 Å². The molecule has 2 rings (SSSR count). The molecular formula is C16H20O2Si. The molecule has 0 fully saturated rings. The van der Waals surface area contributed by atoms with E-state index in [0.717, 1.165) is 10.9 Å². The van der Waals surface area contributed by atoms with Gasteiger partial charge < -0.3 is 8.85 Å². The molecule has 0 amide bonds. The molecule has 0 heterocycles. The van der Waals surface area contributed by atoms with Crippen molar-refractivity contribution in [1.29, 1.82) is 0 Å². The van der Waals surface area contributed by atoms with Crippen LogP contribution in [0.1, 0.15) is 13.8 Å². The molecule has 0 bridgehead atoms. The minimum Gasteiger partial charge on any atom is -0.517 e. The zero-order chi connectivity index (χ0) is 13.7. The maximum atomic E-state index is 6.32. The summed E-state index contributed by atoms with van der Waals surface area (Å²) in [5.41, 5.74) is 0.320. The molecule has 0 saturated carbocycles. The highest BCUT2D eigenvalue weighted by Gasteiger charge is 2.45. The Hall–Kier alpha value is -1.58. The van der Waals surface area contributed by atoms with Gasteiger partial charge in [0.25, 0.3) is 0 Å². The van der Waals surface area contributed by atoms with Crippen LogP contribution in [-0.4, -0.2) is 15.7 Å². The maximum absolute atomic E-state index is 6.32. The SMILES string of the molecule is CO[Si](Oc1ccccc1)(c1ccccc1)C(C)C. The van der Waals surface area contributed by atoms with Crippen molar-refractivity contribution in [2.45, 2.75) is 19.4 Å². The summed E-state index contributed by atoms with van der Waals surface area (Å²) in [6, 6.07) is 20.2. The van der Waals surface area contributed by atoms with Gasteiger partial charge in [0.15, 0.2) is 0 Å². The summed E-state index contributed by atoms with van der Waals surface area (Å²) in [4.78, 5) is 0. The monoisotopic (exact) mass is 272 g/mol. The van der Waals surface area contributed by atoms with E-state index in [1.54, 1.807) is 7.11 Å². The highest BCUT2D eigenvalue weighted by atomic mass is 28.4. The Balaban J connectivity index is 2.41. The van der Waals surface area contributed by atoms with Crippen molar-refractivity contribution in [3.05, 3.63) is 60.7 Å². The van der Waals surface area contributed by atoms with Crippen LogP contribution in [-0.2, 0) is 4.43 Å². The summed E-state index contributed by atoms with van der Waals surface area (Å²) < 4.78 is 12.2. The third kappa shape index (κ3) is 2.88. The number of hydrogen-bond acceptors (Lipinski definition) is 2. The summed E-state index contributed by atoms with van der Waals surface area (Å²) in [5, 5.41) is 1.16. The zero-order valence-corrected chi connectivity index (χ0v) is 12.7. The molecule has 0 aliphatic carbocycles. The fourth-order valence-corrected chi connectivity index (χ4v) is 5.19. The van der Waals surface area contributed by atoms with Crippen molar-refractivity contribution in [3.63, 3.8) is 0 Å². The van der Waals surface area contributed by atoms with Crippen molar-refractivity contribution < 1.29 is 8.85 Å². The molecule has 0 aliphatic heterocycles. The van der Waals surface area contributed by atoms with Crippen LogP contribution in [0.25, 0.3) is 0 Å². The molecule has 2 aromatic rings. The van der Waals surface area contributed by atoms with Gasteiger partial charge in [0.1, 0.15) is 5.75 Å². The molecule has 100 valence electrons. The predicted octanol–water partition coefficient (Wildman–Crippen LogP) is 3.47. The van der Waals surface area contributed by atoms with Crippen LogP contribution in [0.2, 0.25) is 5.54 Å². The van der Waals surface area contributed by atoms with Crippen LogP contribution in [0.5, 0.6) is 5.75 Å². The topological polar surface area (TPSA) is 18.5 Å². The van der Waals surface area contributed by atoms with Gasteiger partial charge in [-0.15, -0.1) is 0 Å². The minimum absolute atomic E-state index is 0.320. The summed E-state index contributed by atoms with van der Waals surface area (Å²) in [7, 11) is -0.712. The molecule has 0 spiro atoms. The van der Waals surface area contributed by atoms with Crippen molar-refractivity contribution in [3.8, 4) is 5.75 Å². The summed E-state index contributed by atoms with van der Waals surface area (Å²) in [6.45, 7) is 4.32. The van der Waals surface area contributed by atoms with E-state index < -0.39 is 8.56 Å². The average molecular weight is 272 g/mol. The molecule has 1 atom stereocenters. The number of benzene rings is 2. The molecule has 19 heavy (non-hydrogen) atoms. The quantitative estimate of drug-likeness (QED) is 0.776. The van der Waals surface area contributed by atoms with E-state index in [4.69, 9.17) is 8.85 Å². The number of rotatable bonds is 5. The highest BCUT2D eigenvalue weighted by molar-refractivity contribution is 6.82. The molecule has 3 heteroatoms. The van der Waals surface area contributed by atoms with E-state index in [-0.39, 0.29) is 0 Å². The Morgan fingerprint density at radius 2 is 1.37 bits per heavy atom. The molecule has 2 aromatic carbocycles. The third-order valence-electron chi connectivity index (χ3n) is 3.25. The molecule has 0 saturated heterocycles. The van der Waals surface area contributed by atoms with Crippen LogP contribution in [0.15, 0.2) is 60.7 Å². The fraction of sp³-hybridized carbons (Fsp3) is 0.250. The fourth-order valence-electron chi connectivity index (χ4n) is 2.24. The third-order valence-corrected chi connectivity index (χ3v) is 7.06. The predicted molar refractivity (Wildman–Crippen MR) is 81.0 cm³/mol. The van der Waals surface area contributed by atoms with Gasteiger partial charge in [-0.05, 0) is 12.1 Å². The summed E-state index contributed by atoms with van der Waals surface area (Å²) in [6.07, 6.45) is 0. The Morgan fingerprint density at radius 1 is 0.842 bits per heavy atom. The van der Waals surface area contributed by atoms with Crippen LogP contribution in [0.4, 0.5) is 0 Å². The molecular weight excluding hydrogens is 252 g/mol. The lowest BCUT2D eigenvalue weighted by Crippen LogP contribution is -2.58. The van der Waals surface area contributed by atoms with Crippen LogP contribution in [0, 0.1) is 0 Å². The van der Waals surface area contributed by atoms with Crippen molar-refractivity contribution in [2.75, 3.05) is 7.11 Å². The van der Waals surface area contributed by atoms with Gasteiger partial charge in [-0.2, -0.15) is 0 Å². The zero-order valence-electron chi connectivity index (χ0n) is 11.7. The maximum Gasteiger partial charge on any atom is 0.436 e. The van der Waals surface area contributed by atoms with Crippen molar-refractivity contribution in [1.82, 2.24) is 0 Å². The van der Waals surface area contributed by atoms with E-state index in [9.17, 15) is 0 Å². The van der Waals surface area contributed by atoms with Crippen LogP contribution in [0.3, 0.4) is 0 Å². The summed E-state index contributed by atoms with van der Waals surface area (Å²) in [5.74, 6) is 0.869. The van der Waals surface area contributed by atoms with Crippen LogP contribution >= 0.6 is 0 Å². The first-order valence-corrected chi connectivity index (χ1v) is 8.43. The lowest BCUT2D eigenvalue weighted by atomic mass is 10.3. The van der Waals surface area contributed by atoms with Gasteiger partial charge in [0, 0.05) is 17.8 Å². The highest BCUT2D eigenvalue weighted by Crippen LogP contribution is 2.25. The first kappa shape index (κ1) is 13.8. The second-order valence-electron chi connectivity index (χ2n) is 4.81. The first-order chi connectivity index (χ1) is 9.19. The normalized spacial score (nSPS) is 14.1. The van der Waals surface area contributed by atoms with Gasteiger partial charge >= 0.3 is 8.56 Å². The molecule has 0 radical (unpaired) electrons. The average Bonchev–Trinajstić information content (AvgIpc) is 2.46. The summed E-state index contributed by atoms with van der Waals surface area (Å²) >= 11 is 0. The molecule has 0 aromatic heterocycles.